The van der Waals surface area contributed by atoms with Crippen LogP contribution in [0.2, 0.25) is 0 Å². The summed E-state index contributed by atoms with van der Waals surface area (Å²) in [7, 11) is 0. The van der Waals surface area contributed by atoms with Gasteiger partial charge in [0.15, 0.2) is 0 Å². The largest absolute Gasteiger partial charge is 0.464 e. The molecule has 0 N–H and O–H groups in total. The van der Waals surface area contributed by atoms with Gasteiger partial charge in [-0.25, -0.2) is 0 Å². The molecule has 0 heterocycles. The summed E-state index contributed by atoms with van der Waals surface area (Å²) in [5, 5.41) is 0. The molecule has 0 saturated heterocycles. The lowest BCUT2D eigenvalue weighted by Crippen LogP contribution is -1.85. The molecular formula is C14H26O2. The Kier molecular flexibility index (Phi) is 13.5. The molecule has 2 nitrogen and oxygen atoms in total. The van der Waals surface area contributed by atoms with Gasteiger partial charge in [-0.1, -0.05) is 64.0 Å². The summed E-state index contributed by atoms with van der Waals surface area (Å²) in [5.74, 6) is 0. The second-order valence-electron chi connectivity index (χ2n) is 4.16. The SMILES string of the molecule is CCCCCCCCCC/C=C/COC=O. The fraction of sp³-hybridized carbons (Fsp3) is 0.786. The van der Waals surface area contributed by atoms with Crippen molar-refractivity contribution >= 4 is 6.47 Å². The number of rotatable bonds is 12. The molecular weight excluding hydrogens is 200 g/mol. The third-order valence-corrected chi connectivity index (χ3v) is 2.65. The van der Waals surface area contributed by atoms with E-state index in [0.717, 1.165) is 6.42 Å². The second kappa shape index (κ2) is 14.2. The third kappa shape index (κ3) is 13.2. The van der Waals surface area contributed by atoms with E-state index < -0.39 is 0 Å². The third-order valence-electron chi connectivity index (χ3n) is 2.65. The lowest BCUT2D eigenvalue weighted by atomic mass is 10.1. The average Bonchev–Trinajstić information content (AvgIpc) is 2.31. The lowest BCUT2D eigenvalue weighted by Gasteiger charge is -1.99. The summed E-state index contributed by atoms with van der Waals surface area (Å²) in [6, 6.07) is 0. The van der Waals surface area contributed by atoms with Crippen LogP contribution in [0.25, 0.3) is 0 Å². The van der Waals surface area contributed by atoms with Crippen molar-refractivity contribution in [2.45, 2.75) is 64.7 Å². The van der Waals surface area contributed by atoms with Crippen molar-refractivity contribution in [1.82, 2.24) is 0 Å². The Labute approximate surface area is 100 Å². The van der Waals surface area contributed by atoms with Gasteiger partial charge < -0.3 is 4.74 Å². The maximum Gasteiger partial charge on any atom is 0.293 e. The van der Waals surface area contributed by atoms with Crippen LogP contribution < -0.4 is 0 Å². The molecule has 94 valence electrons. The van der Waals surface area contributed by atoms with Crippen LogP contribution in [-0.4, -0.2) is 13.1 Å². The predicted octanol–water partition coefficient (Wildman–Crippen LogP) is 4.25. The molecule has 0 fully saturated rings. The van der Waals surface area contributed by atoms with Gasteiger partial charge in [0.25, 0.3) is 6.47 Å². The van der Waals surface area contributed by atoms with E-state index >= 15 is 0 Å². The van der Waals surface area contributed by atoms with Crippen molar-refractivity contribution in [3.8, 4) is 0 Å². The number of hydrogen-bond donors (Lipinski definition) is 0. The first-order valence-electron chi connectivity index (χ1n) is 6.62. The molecule has 0 aromatic carbocycles. The summed E-state index contributed by atoms with van der Waals surface area (Å²) in [5.41, 5.74) is 0. The molecule has 0 unspecified atom stereocenters. The normalized spacial score (nSPS) is 10.8. The van der Waals surface area contributed by atoms with E-state index in [9.17, 15) is 4.79 Å². The first-order chi connectivity index (χ1) is 7.91. The quantitative estimate of drug-likeness (QED) is 0.282. The fourth-order valence-corrected chi connectivity index (χ4v) is 1.68. The van der Waals surface area contributed by atoms with Gasteiger partial charge in [-0.15, -0.1) is 0 Å². The van der Waals surface area contributed by atoms with E-state index in [-0.39, 0.29) is 0 Å². The van der Waals surface area contributed by atoms with Gasteiger partial charge >= 0.3 is 0 Å². The molecule has 0 saturated carbocycles. The zero-order valence-corrected chi connectivity index (χ0v) is 10.6. The van der Waals surface area contributed by atoms with Gasteiger partial charge in [0.2, 0.25) is 0 Å². The molecule has 0 aromatic heterocycles. The molecule has 0 radical (unpaired) electrons. The maximum absolute atomic E-state index is 9.83. The van der Waals surface area contributed by atoms with Crippen molar-refractivity contribution in [1.29, 1.82) is 0 Å². The van der Waals surface area contributed by atoms with Crippen LogP contribution in [-0.2, 0) is 9.53 Å². The molecule has 2 heteroatoms. The number of allylic oxidation sites excluding steroid dienone is 1. The Morgan fingerprint density at radius 3 is 2.12 bits per heavy atom. The van der Waals surface area contributed by atoms with Gasteiger partial charge in [0.1, 0.15) is 6.61 Å². The molecule has 0 atom stereocenters. The van der Waals surface area contributed by atoms with Crippen molar-refractivity contribution in [2.24, 2.45) is 0 Å². The standard InChI is InChI=1S/C14H26O2/c1-2-3-4-5-6-7-8-9-10-11-12-13-16-14-15/h11-12,14H,2-10,13H2,1H3/b12-11+. The van der Waals surface area contributed by atoms with E-state index in [1.807, 2.05) is 6.08 Å². The van der Waals surface area contributed by atoms with Crippen LogP contribution in [0.1, 0.15) is 64.7 Å². The molecule has 0 aromatic rings. The van der Waals surface area contributed by atoms with Gasteiger partial charge in [-0.3, -0.25) is 4.79 Å². The van der Waals surface area contributed by atoms with Crippen LogP contribution in [0, 0.1) is 0 Å². The number of ether oxygens (including phenoxy) is 1. The Morgan fingerprint density at radius 2 is 1.50 bits per heavy atom. The molecule has 0 amide bonds. The maximum atomic E-state index is 9.83. The lowest BCUT2D eigenvalue weighted by molar-refractivity contribution is -0.127. The monoisotopic (exact) mass is 226 g/mol. The second-order valence-corrected chi connectivity index (χ2v) is 4.16. The molecule has 0 aliphatic rings. The number of carbonyl (C=O) groups is 1. The van der Waals surface area contributed by atoms with Crippen molar-refractivity contribution in [3.63, 3.8) is 0 Å². The highest BCUT2D eigenvalue weighted by Crippen LogP contribution is 2.09. The fourth-order valence-electron chi connectivity index (χ4n) is 1.68. The zero-order chi connectivity index (χ0) is 11.9. The van der Waals surface area contributed by atoms with E-state index in [4.69, 9.17) is 0 Å². The number of hydrogen-bond acceptors (Lipinski definition) is 2. The Hall–Kier alpha value is -0.790. The van der Waals surface area contributed by atoms with Crippen LogP contribution in [0.5, 0.6) is 0 Å². The van der Waals surface area contributed by atoms with E-state index in [2.05, 4.69) is 17.7 Å². The highest BCUT2D eigenvalue weighted by Gasteiger charge is 1.90. The summed E-state index contributed by atoms with van der Waals surface area (Å²) in [6.45, 7) is 3.15. The summed E-state index contributed by atoms with van der Waals surface area (Å²) in [6.07, 6.45) is 16.0. The number of unbranched alkanes of at least 4 members (excludes halogenated alkanes) is 8. The number of carbonyl (C=O) groups excluding carboxylic acids is 1. The van der Waals surface area contributed by atoms with Crippen LogP contribution in [0.3, 0.4) is 0 Å². The molecule has 0 aliphatic heterocycles. The summed E-state index contributed by atoms with van der Waals surface area (Å²) in [4.78, 5) is 9.83. The van der Waals surface area contributed by atoms with E-state index in [0.29, 0.717) is 13.1 Å². The summed E-state index contributed by atoms with van der Waals surface area (Å²) >= 11 is 0. The van der Waals surface area contributed by atoms with Gasteiger partial charge in [0, 0.05) is 0 Å². The minimum absolute atomic E-state index is 0.417. The highest BCUT2D eigenvalue weighted by molar-refractivity contribution is 5.37. The average molecular weight is 226 g/mol. The molecule has 16 heavy (non-hydrogen) atoms. The molecule has 0 rings (SSSR count). The molecule has 0 spiro atoms. The van der Waals surface area contributed by atoms with E-state index in [1.54, 1.807) is 0 Å². The minimum atomic E-state index is 0.417. The molecule has 0 aliphatic carbocycles. The minimum Gasteiger partial charge on any atom is -0.464 e. The smallest absolute Gasteiger partial charge is 0.293 e. The molecule has 0 bridgehead atoms. The Balaban J connectivity index is 2.98. The topological polar surface area (TPSA) is 26.3 Å². The Morgan fingerprint density at radius 1 is 0.875 bits per heavy atom. The van der Waals surface area contributed by atoms with Crippen molar-refractivity contribution < 1.29 is 9.53 Å². The highest BCUT2D eigenvalue weighted by atomic mass is 16.5. The van der Waals surface area contributed by atoms with Gasteiger partial charge in [-0.05, 0) is 12.8 Å². The van der Waals surface area contributed by atoms with Crippen LogP contribution >= 0.6 is 0 Å². The van der Waals surface area contributed by atoms with Gasteiger partial charge in [-0.2, -0.15) is 0 Å². The first kappa shape index (κ1) is 15.2. The van der Waals surface area contributed by atoms with Crippen LogP contribution in [0.15, 0.2) is 12.2 Å². The predicted molar refractivity (Wildman–Crippen MR) is 68.4 cm³/mol. The summed E-state index contributed by atoms with van der Waals surface area (Å²) < 4.78 is 4.55. The van der Waals surface area contributed by atoms with Crippen molar-refractivity contribution in [2.75, 3.05) is 6.61 Å². The zero-order valence-electron chi connectivity index (χ0n) is 10.6. The van der Waals surface area contributed by atoms with Gasteiger partial charge in [0.05, 0.1) is 0 Å². The van der Waals surface area contributed by atoms with Crippen molar-refractivity contribution in [3.05, 3.63) is 12.2 Å². The Bertz CT molecular complexity index is 164. The first-order valence-corrected chi connectivity index (χ1v) is 6.62. The van der Waals surface area contributed by atoms with E-state index in [1.165, 1.54) is 51.4 Å². The van der Waals surface area contributed by atoms with Crippen LogP contribution in [0.4, 0.5) is 0 Å².